The molecule has 0 spiro atoms. The zero-order valence-corrected chi connectivity index (χ0v) is 16.4. The molecule has 0 aliphatic carbocycles. The lowest BCUT2D eigenvalue weighted by atomic mass is 9.99. The Morgan fingerprint density at radius 2 is 2.11 bits per heavy atom. The number of halogens is 1. The summed E-state index contributed by atoms with van der Waals surface area (Å²) in [6.45, 7) is 3.91. The zero-order chi connectivity index (χ0) is 18.8. The van der Waals surface area contributed by atoms with Crippen molar-refractivity contribution in [3.63, 3.8) is 0 Å². The Morgan fingerprint density at radius 1 is 1.30 bits per heavy atom. The molecule has 1 amide bonds. The molecule has 0 atom stereocenters. The summed E-state index contributed by atoms with van der Waals surface area (Å²) in [5, 5.41) is 9.69. The molecular weight excluding hydrogens is 384 g/mol. The molecule has 2 aromatic heterocycles. The minimum atomic E-state index is 0.140. The van der Waals surface area contributed by atoms with E-state index >= 15 is 0 Å². The van der Waals surface area contributed by atoms with Gasteiger partial charge in [-0.15, -0.1) is 5.10 Å². The smallest absolute Gasteiger partial charge is 0.232 e. The van der Waals surface area contributed by atoms with Gasteiger partial charge in [-0.2, -0.15) is 4.68 Å². The summed E-state index contributed by atoms with van der Waals surface area (Å²) in [4.78, 5) is 23.0. The van der Waals surface area contributed by atoms with E-state index in [1.54, 1.807) is 16.8 Å². The van der Waals surface area contributed by atoms with E-state index in [0.29, 0.717) is 32.9 Å². The average molecular weight is 403 g/mol. The fourth-order valence-corrected chi connectivity index (χ4v) is 4.11. The lowest BCUT2D eigenvalue weighted by Crippen LogP contribution is -2.38. The van der Waals surface area contributed by atoms with Gasteiger partial charge in [-0.25, -0.2) is 9.97 Å². The van der Waals surface area contributed by atoms with Gasteiger partial charge in [-0.05, 0) is 37.0 Å². The number of amides is 1. The Hall–Kier alpha value is -2.19. The highest BCUT2D eigenvalue weighted by molar-refractivity contribution is 8.00. The Balaban J connectivity index is 1.52. The highest BCUT2D eigenvalue weighted by Gasteiger charge is 2.21. The van der Waals surface area contributed by atoms with Crippen molar-refractivity contribution in [3.05, 3.63) is 35.6 Å². The maximum atomic E-state index is 12.5. The number of rotatable bonds is 4. The highest BCUT2D eigenvalue weighted by Crippen LogP contribution is 2.25. The Morgan fingerprint density at radius 3 is 2.89 bits per heavy atom. The Labute approximate surface area is 166 Å². The Kier molecular flexibility index (Phi) is 5.27. The van der Waals surface area contributed by atoms with Crippen LogP contribution in [0.2, 0.25) is 5.02 Å². The van der Waals surface area contributed by atoms with E-state index < -0.39 is 0 Å². The maximum Gasteiger partial charge on any atom is 0.232 e. The number of piperidine rings is 1. The summed E-state index contributed by atoms with van der Waals surface area (Å²) < 4.78 is 1.63. The molecule has 1 saturated heterocycles. The van der Waals surface area contributed by atoms with Crippen molar-refractivity contribution in [2.45, 2.75) is 24.8 Å². The number of hydrogen-bond donors (Lipinski definition) is 0. The molecule has 0 bridgehead atoms. The van der Waals surface area contributed by atoms with Crippen LogP contribution >= 0.6 is 23.4 Å². The number of fused-ring (bicyclic) bond motifs is 1. The summed E-state index contributed by atoms with van der Waals surface area (Å²) in [5.74, 6) is 1.18. The summed E-state index contributed by atoms with van der Waals surface area (Å²) in [5.41, 5.74) is 1.95. The van der Waals surface area contributed by atoms with Gasteiger partial charge >= 0.3 is 0 Å². The first-order valence-electron chi connectivity index (χ1n) is 8.85. The standard InChI is InChI=1S/C18H19ClN6OS/c1-12-5-7-24(8-6-12)15(26)10-27-18-16-17(20-11-21-18)25(23-22-16)14-4-2-3-13(19)9-14/h2-4,9,11-12H,5-8,10H2,1H3. The summed E-state index contributed by atoms with van der Waals surface area (Å²) >= 11 is 7.45. The van der Waals surface area contributed by atoms with Crippen molar-refractivity contribution in [1.82, 2.24) is 29.9 Å². The van der Waals surface area contributed by atoms with Crippen LogP contribution in [0, 0.1) is 5.92 Å². The van der Waals surface area contributed by atoms with Crippen LogP contribution < -0.4 is 0 Å². The fraction of sp³-hybridized carbons (Fsp3) is 0.389. The normalized spacial score (nSPS) is 15.4. The third-order valence-corrected chi connectivity index (χ3v) is 5.92. The molecule has 1 fully saturated rings. The van der Waals surface area contributed by atoms with Crippen molar-refractivity contribution in [2.24, 2.45) is 5.92 Å². The molecule has 1 aromatic carbocycles. The zero-order valence-electron chi connectivity index (χ0n) is 14.9. The van der Waals surface area contributed by atoms with Crippen molar-refractivity contribution in [3.8, 4) is 5.69 Å². The summed E-state index contributed by atoms with van der Waals surface area (Å²) in [6, 6.07) is 7.33. The summed E-state index contributed by atoms with van der Waals surface area (Å²) in [7, 11) is 0. The molecular formula is C18H19ClN6OS. The van der Waals surface area contributed by atoms with Crippen molar-refractivity contribution >= 4 is 40.4 Å². The van der Waals surface area contributed by atoms with Gasteiger partial charge in [0.2, 0.25) is 5.91 Å². The second-order valence-electron chi connectivity index (χ2n) is 6.68. The molecule has 0 N–H and O–H groups in total. The number of carbonyl (C=O) groups is 1. The Bertz CT molecular complexity index is 969. The van der Waals surface area contributed by atoms with E-state index in [2.05, 4.69) is 27.2 Å². The minimum absolute atomic E-state index is 0.140. The van der Waals surface area contributed by atoms with E-state index in [0.717, 1.165) is 31.6 Å². The van der Waals surface area contributed by atoms with Gasteiger partial charge in [0.05, 0.1) is 11.4 Å². The number of nitrogens with zero attached hydrogens (tertiary/aromatic N) is 6. The van der Waals surface area contributed by atoms with Gasteiger partial charge in [0, 0.05) is 18.1 Å². The first-order chi connectivity index (χ1) is 13.1. The molecule has 3 aromatic rings. The first-order valence-corrected chi connectivity index (χ1v) is 10.2. The molecule has 4 rings (SSSR count). The van der Waals surface area contributed by atoms with Crippen LogP contribution in [0.5, 0.6) is 0 Å². The van der Waals surface area contributed by atoms with Gasteiger partial charge in [0.25, 0.3) is 0 Å². The van der Waals surface area contributed by atoms with Crippen LogP contribution in [0.1, 0.15) is 19.8 Å². The SMILES string of the molecule is CC1CCN(C(=O)CSc2ncnc3c2nnn3-c2cccc(Cl)c2)CC1. The first kappa shape index (κ1) is 18.2. The molecule has 9 heteroatoms. The average Bonchev–Trinajstić information content (AvgIpc) is 3.11. The molecule has 1 aliphatic rings. The topological polar surface area (TPSA) is 76.8 Å². The van der Waals surface area contributed by atoms with Crippen LogP contribution in [0.4, 0.5) is 0 Å². The number of aromatic nitrogens is 5. The van der Waals surface area contributed by atoms with Crippen molar-refractivity contribution in [2.75, 3.05) is 18.8 Å². The quantitative estimate of drug-likeness (QED) is 0.492. The molecule has 1 aliphatic heterocycles. The third kappa shape index (κ3) is 3.91. The second-order valence-corrected chi connectivity index (χ2v) is 8.08. The minimum Gasteiger partial charge on any atom is -0.342 e. The van der Waals surface area contributed by atoms with E-state index in [1.807, 2.05) is 17.0 Å². The van der Waals surface area contributed by atoms with Gasteiger partial charge in [-0.1, -0.05) is 41.6 Å². The molecule has 0 unspecified atom stereocenters. The second kappa shape index (κ2) is 7.82. The van der Waals surface area contributed by atoms with Crippen molar-refractivity contribution < 1.29 is 4.79 Å². The third-order valence-electron chi connectivity index (χ3n) is 4.73. The van der Waals surface area contributed by atoms with E-state index in [1.165, 1.54) is 18.1 Å². The predicted molar refractivity (Wildman–Crippen MR) is 105 cm³/mol. The van der Waals surface area contributed by atoms with Crippen LogP contribution in [0.25, 0.3) is 16.9 Å². The number of benzene rings is 1. The monoisotopic (exact) mass is 402 g/mol. The van der Waals surface area contributed by atoms with E-state index in [-0.39, 0.29) is 5.91 Å². The molecule has 7 nitrogen and oxygen atoms in total. The lowest BCUT2D eigenvalue weighted by molar-refractivity contribution is -0.129. The molecule has 140 valence electrons. The predicted octanol–water partition coefficient (Wildman–Crippen LogP) is 3.21. The van der Waals surface area contributed by atoms with Crippen LogP contribution in [0.15, 0.2) is 35.6 Å². The molecule has 27 heavy (non-hydrogen) atoms. The van der Waals surface area contributed by atoms with Crippen LogP contribution in [-0.4, -0.2) is 54.6 Å². The van der Waals surface area contributed by atoms with Gasteiger partial charge in [0.15, 0.2) is 11.2 Å². The number of likely N-dealkylation sites (tertiary alicyclic amines) is 1. The summed E-state index contributed by atoms with van der Waals surface area (Å²) in [6.07, 6.45) is 3.62. The molecule has 0 saturated carbocycles. The number of carbonyl (C=O) groups excluding carboxylic acids is 1. The maximum absolute atomic E-state index is 12.5. The van der Waals surface area contributed by atoms with Gasteiger partial charge < -0.3 is 4.90 Å². The van der Waals surface area contributed by atoms with Crippen LogP contribution in [0.3, 0.4) is 0 Å². The van der Waals surface area contributed by atoms with Crippen molar-refractivity contribution in [1.29, 1.82) is 0 Å². The highest BCUT2D eigenvalue weighted by atomic mass is 35.5. The largest absolute Gasteiger partial charge is 0.342 e. The van der Waals surface area contributed by atoms with E-state index in [4.69, 9.17) is 11.6 Å². The van der Waals surface area contributed by atoms with Crippen LogP contribution in [-0.2, 0) is 4.79 Å². The fourth-order valence-electron chi connectivity index (χ4n) is 3.10. The molecule has 0 radical (unpaired) electrons. The lowest BCUT2D eigenvalue weighted by Gasteiger charge is -2.30. The molecule has 3 heterocycles. The van der Waals surface area contributed by atoms with Gasteiger partial charge in [-0.3, -0.25) is 4.79 Å². The number of hydrogen-bond acceptors (Lipinski definition) is 6. The number of thioether (sulfide) groups is 1. The van der Waals surface area contributed by atoms with E-state index in [9.17, 15) is 4.79 Å². The van der Waals surface area contributed by atoms with Gasteiger partial charge in [0.1, 0.15) is 11.4 Å².